The molecule has 3 N–H and O–H groups in total. The first-order valence-corrected chi connectivity index (χ1v) is 11.2. The monoisotopic (exact) mass is 467 g/mol. The highest BCUT2D eigenvalue weighted by atomic mass is 16.5. The molecule has 0 bridgehead atoms. The molecule has 0 aliphatic heterocycles. The van der Waals surface area contributed by atoms with E-state index in [-0.39, 0.29) is 5.56 Å². The number of carboxylic acid groups (broad SMARTS) is 1. The minimum atomic E-state index is -1.05. The molecule has 8 heteroatoms. The van der Waals surface area contributed by atoms with Gasteiger partial charge in [0.05, 0.1) is 41.5 Å². The molecule has 0 fully saturated rings. The number of rotatable bonds is 6. The third-order valence-electron chi connectivity index (χ3n) is 6.15. The fourth-order valence-electron chi connectivity index (χ4n) is 4.39. The van der Waals surface area contributed by atoms with Crippen molar-refractivity contribution < 1.29 is 14.6 Å². The van der Waals surface area contributed by atoms with Crippen LogP contribution in [0, 0.1) is 20.8 Å². The summed E-state index contributed by atoms with van der Waals surface area (Å²) in [6, 6.07) is 17.3. The maximum Gasteiger partial charge on any atom is 0.337 e. The molecule has 0 spiro atoms. The summed E-state index contributed by atoms with van der Waals surface area (Å²) in [5.74, 6) is 0.115. The van der Waals surface area contributed by atoms with Crippen LogP contribution in [0.3, 0.4) is 0 Å². The molecule has 0 radical (unpaired) electrons. The topological polar surface area (TPSA) is 105 Å². The summed E-state index contributed by atoms with van der Waals surface area (Å²) in [5.41, 5.74) is 6.86. The van der Waals surface area contributed by atoms with Crippen LogP contribution < -0.4 is 10.1 Å². The number of aromatic carboxylic acids is 1. The van der Waals surface area contributed by atoms with Crippen molar-refractivity contribution in [3.63, 3.8) is 0 Å². The van der Waals surface area contributed by atoms with Crippen LogP contribution in [0.4, 0.5) is 11.5 Å². The van der Waals surface area contributed by atoms with E-state index in [0.717, 1.165) is 44.5 Å². The molecule has 0 saturated heterocycles. The molecular formula is C27H25N5O3. The SMILES string of the molecule is COc1cc(C)c(Nc2c(-c3ccc4[nH]ncc4c3)c(C)nn2-c2ccccc2C)c(C(=O)O)c1. The molecule has 2 heterocycles. The Balaban J connectivity index is 1.77. The van der Waals surface area contributed by atoms with Crippen LogP contribution in [0.2, 0.25) is 0 Å². The maximum absolute atomic E-state index is 12.2. The lowest BCUT2D eigenvalue weighted by Gasteiger charge is -2.18. The number of hydrogen-bond acceptors (Lipinski definition) is 5. The third kappa shape index (κ3) is 3.89. The molecule has 35 heavy (non-hydrogen) atoms. The second kappa shape index (κ2) is 8.64. The van der Waals surface area contributed by atoms with E-state index in [4.69, 9.17) is 9.84 Å². The first-order valence-electron chi connectivity index (χ1n) is 11.2. The molecule has 0 saturated carbocycles. The van der Waals surface area contributed by atoms with Crippen molar-refractivity contribution in [3.8, 4) is 22.6 Å². The van der Waals surface area contributed by atoms with E-state index >= 15 is 0 Å². The van der Waals surface area contributed by atoms with Gasteiger partial charge in [0.1, 0.15) is 11.6 Å². The van der Waals surface area contributed by atoms with Crippen molar-refractivity contribution in [1.82, 2.24) is 20.0 Å². The summed E-state index contributed by atoms with van der Waals surface area (Å²) in [4.78, 5) is 12.2. The Morgan fingerprint density at radius 3 is 2.60 bits per heavy atom. The molecular weight excluding hydrogens is 442 g/mol. The lowest BCUT2D eigenvalue weighted by atomic mass is 10.0. The number of carbonyl (C=O) groups is 1. The van der Waals surface area contributed by atoms with Gasteiger partial charge in [-0.2, -0.15) is 10.2 Å². The minimum Gasteiger partial charge on any atom is -0.497 e. The average Bonchev–Trinajstić information content (AvgIpc) is 3.43. The molecule has 5 aromatic rings. The van der Waals surface area contributed by atoms with Gasteiger partial charge in [-0.15, -0.1) is 0 Å². The summed E-state index contributed by atoms with van der Waals surface area (Å²) in [7, 11) is 1.52. The molecule has 8 nitrogen and oxygen atoms in total. The molecule has 0 aliphatic carbocycles. The number of aryl methyl sites for hydroxylation is 3. The van der Waals surface area contributed by atoms with Gasteiger partial charge >= 0.3 is 5.97 Å². The van der Waals surface area contributed by atoms with E-state index in [1.807, 2.05) is 67.9 Å². The Morgan fingerprint density at radius 2 is 1.86 bits per heavy atom. The molecule has 176 valence electrons. The van der Waals surface area contributed by atoms with Crippen LogP contribution in [0.5, 0.6) is 5.75 Å². The quantitative estimate of drug-likeness (QED) is 0.292. The molecule has 0 amide bonds. The van der Waals surface area contributed by atoms with Crippen molar-refractivity contribution in [1.29, 1.82) is 0 Å². The molecule has 0 atom stereocenters. The van der Waals surface area contributed by atoms with E-state index < -0.39 is 5.97 Å². The number of nitrogens with zero attached hydrogens (tertiary/aromatic N) is 3. The van der Waals surface area contributed by atoms with Crippen molar-refractivity contribution >= 4 is 28.4 Å². The van der Waals surface area contributed by atoms with Crippen molar-refractivity contribution in [2.45, 2.75) is 20.8 Å². The number of methoxy groups -OCH3 is 1. The number of fused-ring (bicyclic) bond motifs is 1. The number of H-pyrrole nitrogens is 1. The van der Waals surface area contributed by atoms with Gasteiger partial charge in [-0.05, 0) is 67.8 Å². The highest BCUT2D eigenvalue weighted by Gasteiger charge is 2.23. The molecule has 0 unspecified atom stereocenters. The lowest BCUT2D eigenvalue weighted by molar-refractivity contribution is 0.0697. The zero-order valence-corrected chi connectivity index (χ0v) is 19.9. The summed E-state index contributed by atoms with van der Waals surface area (Å²) >= 11 is 0. The second-order valence-corrected chi connectivity index (χ2v) is 8.48. The van der Waals surface area contributed by atoms with Gasteiger partial charge in [-0.1, -0.05) is 24.3 Å². The number of benzene rings is 3. The number of anilines is 2. The predicted octanol–water partition coefficient (Wildman–Crippen LogP) is 5.79. The van der Waals surface area contributed by atoms with Crippen molar-refractivity contribution in [2.75, 3.05) is 12.4 Å². The van der Waals surface area contributed by atoms with E-state index in [1.165, 1.54) is 13.2 Å². The van der Waals surface area contributed by atoms with E-state index in [2.05, 4.69) is 21.6 Å². The average molecular weight is 468 g/mol. The highest BCUT2D eigenvalue weighted by Crippen LogP contribution is 2.39. The number of carboxylic acids is 1. The largest absolute Gasteiger partial charge is 0.497 e. The zero-order chi connectivity index (χ0) is 24.7. The number of para-hydroxylation sites is 1. The fraction of sp³-hybridized carbons (Fsp3) is 0.148. The second-order valence-electron chi connectivity index (χ2n) is 8.48. The number of hydrogen-bond donors (Lipinski definition) is 3. The standard InChI is InChI=1S/C27H25N5O3/c1-15-7-5-6-8-23(15)32-26(29-25-16(2)11-20(35-4)13-21(25)27(33)34)24(17(3)31-32)18-9-10-22-19(12-18)14-28-30-22/h5-14,29H,1-4H3,(H,28,30)(H,33,34). The third-order valence-corrected chi connectivity index (χ3v) is 6.15. The summed E-state index contributed by atoms with van der Waals surface area (Å²) in [6.45, 7) is 5.83. The zero-order valence-electron chi connectivity index (χ0n) is 19.9. The Kier molecular flexibility index (Phi) is 5.49. The first kappa shape index (κ1) is 22.2. The van der Waals surface area contributed by atoms with Gasteiger partial charge in [0, 0.05) is 10.9 Å². The van der Waals surface area contributed by atoms with Gasteiger partial charge < -0.3 is 15.2 Å². The lowest BCUT2D eigenvalue weighted by Crippen LogP contribution is -2.10. The molecule has 5 rings (SSSR count). The highest BCUT2D eigenvalue weighted by molar-refractivity contribution is 5.98. The van der Waals surface area contributed by atoms with E-state index in [9.17, 15) is 9.90 Å². The molecule has 0 aliphatic rings. The van der Waals surface area contributed by atoms with Crippen molar-refractivity contribution in [3.05, 3.63) is 83.2 Å². The fourth-order valence-corrected chi connectivity index (χ4v) is 4.39. The van der Waals surface area contributed by atoms with Crippen LogP contribution in [-0.2, 0) is 0 Å². The van der Waals surface area contributed by atoms with Gasteiger partial charge in [-0.25, -0.2) is 9.48 Å². The van der Waals surface area contributed by atoms with Gasteiger partial charge in [0.25, 0.3) is 0 Å². The van der Waals surface area contributed by atoms with Crippen LogP contribution in [0.25, 0.3) is 27.7 Å². The van der Waals surface area contributed by atoms with Gasteiger partial charge in [0.15, 0.2) is 0 Å². The molecule has 2 aromatic heterocycles. The maximum atomic E-state index is 12.2. The number of nitrogens with one attached hydrogen (secondary N) is 2. The predicted molar refractivity (Wildman–Crippen MR) is 136 cm³/mol. The summed E-state index contributed by atoms with van der Waals surface area (Å²) < 4.78 is 7.15. The van der Waals surface area contributed by atoms with E-state index in [0.29, 0.717) is 17.3 Å². The number of aromatic amines is 1. The first-order chi connectivity index (χ1) is 16.9. The van der Waals surface area contributed by atoms with Crippen molar-refractivity contribution in [2.24, 2.45) is 0 Å². The summed E-state index contributed by atoms with van der Waals surface area (Å²) in [6.07, 6.45) is 1.78. The number of aromatic nitrogens is 4. The normalized spacial score (nSPS) is 11.1. The Labute approximate surface area is 202 Å². The van der Waals surface area contributed by atoms with Gasteiger partial charge in [-0.3, -0.25) is 5.10 Å². The number of ether oxygens (including phenoxy) is 1. The van der Waals surface area contributed by atoms with E-state index in [1.54, 1.807) is 6.20 Å². The summed E-state index contributed by atoms with van der Waals surface area (Å²) in [5, 5.41) is 26.4. The Bertz CT molecular complexity index is 1580. The van der Waals surface area contributed by atoms with Crippen LogP contribution in [0.1, 0.15) is 27.2 Å². The molecule has 3 aromatic carbocycles. The Hall–Kier alpha value is -4.59. The van der Waals surface area contributed by atoms with Crippen LogP contribution in [-0.4, -0.2) is 38.2 Å². The van der Waals surface area contributed by atoms with Crippen LogP contribution >= 0.6 is 0 Å². The smallest absolute Gasteiger partial charge is 0.337 e. The van der Waals surface area contributed by atoms with Gasteiger partial charge in [0.2, 0.25) is 0 Å². The minimum absolute atomic E-state index is 0.119. The Morgan fingerprint density at radius 1 is 1.06 bits per heavy atom. The van der Waals surface area contributed by atoms with Crippen LogP contribution in [0.15, 0.2) is 60.8 Å².